The lowest BCUT2D eigenvalue weighted by atomic mass is 9.96. The minimum Gasteiger partial charge on any atom is -0.314 e. The van der Waals surface area contributed by atoms with Crippen LogP contribution in [0.15, 0.2) is 22.7 Å². The minimum absolute atomic E-state index is 0.100. The van der Waals surface area contributed by atoms with Gasteiger partial charge in [0.2, 0.25) is 0 Å². The quantitative estimate of drug-likeness (QED) is 0.875. The van der Waals surface area contributed by atoms with E-state index in [1.54, 1.807) is 12.1 Å². The molecule has 1 aliphatic rings. The van der Waals surface area contributed by atoms with Crippen LogP contribution in [0.25, 0.3) is 0 Å². The fourth-order valence-corrected chi connectivity index (χ4v) is 3.06. The summed E-state index contributed by atoms with van der Waals surface area (Å²) >= 11 is 3.41. The Labute approximate surface area is 129 Å². The molecule has 0 atom stereocenters. The molecule has 1 N–H and O–H groups in total. The first-order valence-electron chi connectivity index (χ1n) is 7.44. The first kappa shape index (κ1) is 15.9. The number of hydrogen-bond donors (Lipinski definition) is 1. The molecule has 0 spiro atoms. The zero-order chi connectivity index (χ0) is 14.5. The molecule has 112 valence electrons. The van der Waals surface area contributed by atoms with Gasteiger partial charge in [0, 0.05) is 22.6 Å². The van der Waals surface area contributed by atoms with Crippen molar-refractivity contribution in [3.8, 4) is 0 Å². The van der Waals surface area contributed by atoms with Gasteiger partial charge in [-0.3, -0.25) is 4.90 Å². The number of benzene rings is 1. The molecule has 0 unspecified atom stereocenters. The molecule has 20 heavy (non-hydrogen) atoms. The maximum atomic E-state index is 13.8. The average Bonchev–Trinajstić information content (AvgIpc) is 2.42. The summed E-state index contributed by atoms with van der Waals surface area (Å²) in [5, 5.41) is 3.51. The van der Waals surface area contributed by atoms with Crippen molar-refractivity contribution >= 4 is 15.9 Å². The standard InChI is InChI=1S/C16H24BrFN2/c1-12(2)19-10-13-5-7-20(8-6-13)11-14-9-15(17)3-4-16(14)18/h3-4,9,12-13,19H,5-8,10-11H2,1-2H3. The van der Waals surface area contributed by atoms with Gasteiger partial charge < -0.3 is 5.32 Å². The van der Waals surface area contributed by atoms with Crippen LogP contribution in [0.3, 0.4) is 0 Å². The summed E-state index contributed by atoms with van der Waals surface area (Å²) in [5.41, 5.74) is 0.790. The molecule has 0 aliphatic carbocycles. The van der Waals surface area contributed by atoms with E-state index in [-0.39, 0.29) is 5.82 Å². The molecule has 0 aromatic heterocycles. The number of rotatable bonds is 5. The highest BCUT2D eigenvalue weighted by molar-refractivity contribution is 9.10. The summed E-state index contributed by atoms with van der Waals surface area (Å²) in [6, 6.07) is 5.74. The molecule has 0 amide bonds. The lowest BCUT2D eigenvalue weighted by Crippen LogP contribution is -2.38. The van der Waals surface area contributed by atoms with Crippen molar-refractivity contribution in [3.05, 3.63) is 34.1 Å². The highest BCUT2D eigenvalue weighted by atomic mass is 79.9. The van der Waals surface area contributed by atoms with Crippen LogP contribution >= 0.6 is 15.9 Å². The summed E-state index contributed by atoms with van der Waals surface area (Å²) < 4.78 is 14.7. The third kappa shape index (κ3) is 4.83. The second kappa shape index (κ2) is 7.53. The van der Waals surface area contributed by atoms with E-state index in [0.29, 0.717) is 6.04 Å². The Morgan fingerprint density at radius 2 is 2.05 bits per heavy atom. The van der Waals surface area contributed by atoms with Gasteiger partial charge in [0.1, 0.15) is 5.82 Å². The number of hydrogen-bond acceptors (Lipinski definition) is 2. The molecule has 1 aromatic carbocycles. The lowest BCUT2D eigenvalue weighted by molar-refractivity contribution is 0.172. The molecule has 1 aromatic rings. The highest BCUT2D eigenvalue weighted by Gasteiger charge is 2.20. The lowest BCUT2D eigenvalue weighted by Gasteiger charge is -2.32. The maximum absolute atomic E-state index is 13.8. The fourth-order valence-electron chi connectivity index (χ4n) is 2.66. The molecule has 1 aliphatic heterocycles. The van der Waals surface area contributed by atoms with Crippen molar-refractivity contribution in [2.24, 2.45) is 5.92 Å². The van der Waals surface area contributed by atoms with Crippen LogP contribution in [0.4, 0.5) is 4.39 Å². The third-order valence-electron chi connectivity index (χ3n) is 3.92. The molecule has 1 fully saturated rings. The van der Waals surface area contributed by atoms with Crippen molar-refractivity contribution in [1.82, 2.24) is 10.2 Å². The van der Waals surface area contributed by atoms with Crippen LogP contribution in [0.5, 0.6) is 0 Å². The Bertz CT molecular complexity index is 428. The van der Waals surface area contributed by atoms with Gasteiger partial charge in [-0.05, 0) is 56.6 Å². The summed E-state index contributed by atoms with van der Waals surface area (Å²) in [6.07, 6.45) is 2.41. The van der Waals surface area contributed by atoms with Gasteiger partial charge in [0.25, 0.3) is 0 Å². The normalized spacial score (nSPS) is 17.9. The molecule has 2 rings (SSSR count). The van der Waals surface area contributed by atoms with Gasteiger partial charge in [-0.1, -0.05) is 29.8 Å². The van der Waals surface area contributed by atoms with E-state index < -0.39 is 0 Å². The molecule has 1 heterocycles. The van der Waals surface area contributed by atoms with E-state index in [1.807, 2.05) is 6.07 Å². The minimum atomic E-state index is -0.100. The molecule has 0 radical (unpaired) electrons. The number of piperidine rings is 1. The Morgan fingerprint density at radius 1 is 1.35 bits per heavy atom. The van der Waals surface area contributed by atoms with Gasteiger partial charge in [0.15, 0.2) is 0 Å². The van der Waals surface area contributed by atoms with Crippen LogP contribution in [-0.2, 0) is 6.54 Å². The molecule has 0 bridgehead atoms. The SMILES string of the molecule is CC(C)NCC1CCN(Cc2cc(Br)ccc2F)CC1. The molecule has 1 saturated heterocycles. The second-order valence-corrected chi connectivity index (χ2v) is 6.93. The van der Waals surface area contributed by atoms with Crippen molar-refractivity contribution in [1.29, 1.82) is 0 Å². The Hall–Kier alpha value is -0.450. The van der Waals surface area contributed by atoms with E-state index in [2.05, 4.69) is 40.0 Å². The Kier molecular flexibility index (Phi) is 6.00. The van der Waals surface area contributed by atoms with Crippen LogP contribution in [0, 0.1) is 11.7 Å². The van der Waals surface area contributed by atoms with Crippen LogP contribution in [-0.4, -0.2) is 30.6 Å². The van der Waals surface area contributed by atoms with Gasteiger partial charge in [-0.15, -0.1) is 0 Å². The van der Waals surface area contributed by atoms with Crippen molar-refractivity contribution in [2.75, 3.05) is 19.6 Å². The first-order valence-corrected chi connectivity index (χ1v) is 8.23. The molecule has 4 heteroatoms. The highest BCUT2D eigenvalue weighted by Crippen LogP contribution is 2.21. The second-order valence-electron chi connectivity index (χ2n) is 6.02. The predicted molar refractivity (Wildman–Crippen MR) is 85.2 cm³/mol. The largest absolute Gasteiger partial charge is 0.314 e. The zero-order valence-corrected chi connectivity index (χ0v) is 13.9. The van der Waals surface area contributed by atoms with Gasteiger partial charge >= 0.3 is 0 Å². The fraction of sp³-hybridized carbons (Fsp3) is 0.625. The molecule has 2 nitrogen and oxygen atoms in total. The average molecular weight is 343 g/mol. The Morgan fingerprint density at radius 3 is 2.70 bits per heavy atom. The molecular formula is C16H24BrFN2. The van der Waals surface area contributed by atoms with Crippen molar-refractivity contribution in [2.45, 2.75) is 39.3 Å². The van der Waals surface area contributed by atoms with Crippen molar-refractivity contribution < 1.29 is 4.39 Å². The monoisotopic (exact) mass is 342 g/mol. The summed E-state index contributed by atoms with van der Waals surface area (Å²) in [6.45, 7) is 8.33. The molecule has 0 saturated carbocycles. The van der Waals surface area contributed by atoms with E-state index in [0.717, 1.165) is 42.1 Å². The summed E-state index contributed by atoms with van der Waals surface area (Å²) in [7, 11) is 0. The van der Waals surface area contributed by atoms with Gasteiger partial charge in [-0.25, -0.2) is 4.39 Å². The van der Waals surface area contributed by atoms with Crippen LogP contribution < -0.4 is 5.32 Å². The van der Waals surface area contributed by atoms with Gasteiger partial charge in [-0.2, -0.15) is 0 Å². The van der Waals surface area contributed by atoms with Crippen LogP contribution in [0.2, 0.25) is 0 Å². The van der Waals surface area contributed by atoms with E-state index >= 15 is 0 Å². The smallest absolute Gasteiger partial charge is 0.127 e. The summed E-state index contributed by atoms with van der Waals surface area (Å²) in [5.74, 6) is 0.665. The van der Waals surface area contributed by atoms with E-state index in [1.165, 1.54) is 12.8 Å². The third-order valence-corrected chi connectivity index (χ3v) is 4.42. The Balaban J connectivity index is 1.81. The van der Waals surface area contributed by atoms with Crippen LogP contribution in [0.1, 0.15) is 32.3 Å². The zero-order valence-electron chi connectivity index (χ0n) is 12.3. The van der Waals surface area contributed by atoms with E-state index in [4.69, 9.17) is 0 Å². The predicted octanol–water partition coefficient (Wildman–Crippen LogP) is 3.80. The maximum Gasteiger partial charge on any atom is 0.127 e. The van der Waals surface area contributed by atoms with Crippen molar-refractivity contribution in [3.63, 3.8) is 0 Å². The summed E-state index contributed by atoms with van der Waals surface area (Å²) in [4.78, 5) is 2.36. The number of likely N-dealkylation sites (tertiary alicyclic amines) is 1. The number of nitrogens with one attached hydrogen (secondary N) is 1. The number of nitrogens with zero attached hydrogens (tertiary/aromatic N) is 1. The first-order chi connectivity index (χ1) is 9.54. The molecular weight excluding hydrogens is 319 g/mol. The van der Waals surface area contributed by atoms with Gasteiger partial charge in [0.05, 0.1) is 0 Å². The number of halogens is 2. The van der Waals surface area contributed by atoms with E-state index in [9.17, 15) is 4.39 Å². The topological polar surface area (TPSA) is 15.3 Å².